The van der Waals surface area contributed by atoms with Crippen molar-refractivity contribution in [1.29, 1.82) is 0 Å². The van der Waals surface area contributed by atoms with Crippen molar-refractivity contribution in [3.8, 4) is 0 Å². The van der Waals surface area contributed by atoms with Crippen LogP contribution < -0.4 is 20.3 Å². The number of furan rings is 1. The zero-order valence-electron chi connectivity index (χ0n) is 19.9. The SMILES string of the molecule is COCCCNS(=O)(=O)c1ccc(Nc2nc(N3CCC(CNC(=O)O)CC3)c3occc3n2)cc1. The number of carboxylic acid groups (broad SMARTS) is 1. The number of aromatic nitrogens is 2. The van der Waals surface area contributed by atoms with E-state index in [1.807, 2.05) is 0 Å². The van der Waals surface area contributed by atoms with Crippen LogP contribution in [-0.4, -0.2) is 69.5 Å². The van der Waals surface area contributed by atoms with Crippen molar-refractivity contribution >= 4 is 44.7 Å². The fourth-order valence-electron chi connectivity index (χ4n) is 4.05. The summed E-state index contributed by atoms with van der Waals surface area (Å²) in [6, 6.07) is 8.13. The van der Waals surface area contributed by atoms with Crippen LogP contribution in [0.25, 0.3) is 11.1 Å². The summed E-state index contributed by atoms with van der Waals surface area (Å²) in [5, 5.41) is 14.4. The summed E-state index contributed by atoms with van der Waals surface area (Å²) in [5.74, 6) is 1.30. The molecular weight excluding hydrogens is 488 g/mol. The van der Waals surface area contributed by atoms with E-state index in [-0.39, 0.29) is 10.8 Å². The van der Waals surface area contributed by atoms with E-state index in [1.54, 1.807) is 31.6 Å². The lowest BCUT2D eigenvalue weighted by molar-refractivity contribution is 0.191. The van der Waals surface area contributed by atoms with Gasteiger partial charge in [0.2, 0.25) is 16.0 Å². The fraction of sp³-hybridized carbons (Fsp3) is 0.435. The smallest absolute Gasteiger partial charge is 0.404 e. The van der Waals surface area contributed by atoms with Gasteiger partial charge in [-0.25, -0.2) is 22.9 Å². The van der Waals surface area contributed by atoms with E-state index in [9.17, 15) is 13.2 Å². The van der Waals surface area contributed by atoms with E-state index in [0.29, 0.717) is 67.8 Å². The molecule has 194 valence electrons. The van der Waals surface area contributed by atoms with Gasteiger partial charge >= 0.3 is 6.09 Å². The van der Waals surface area contributed by atoms with Crippen LogP contribution in [0.15, 0.2) is 45.9 Å². The first-order valence-corrected chi connectivity index (χ1v) is 13.2. The lowest BCUT2D eigenvalue weighted by Crippen LogP contribution is -2.38. The number of methoxy groups -OCH3 is 1. The Balaban J connectivity index is 1.44. The molecule has 1 aliphatic heterocycles. The molecular formula is C23H30N6O6S. The number of nitrogens with zero attached hydrogens (tertiary/aromatic N) is 3. The average Bonchev–Trinajstić information content (AvgIpc) is 3.34. The molecule has 1 fully saturated rings. The van der Waals surface area contributed by atoms with Crippen LogP contribution in [0.2, 0.25) is 0 Å². The first kappa shape index (κ1) is 25.7. The summed E-state index contributed by atoms with van der Waals surface area (Å²) < 4.78 is 38.0. The predicted molar refractivity (Wildman–Crippen MR) is 134 cm³/mol. The highest BCUT2D eigenvalue weighted by molar-refractivity contribution is 7.89. The Morgan fingerprint density at radius 2 is 1.94 bits per heavy atom. The second kappa shape index (κ2) is 11.5. The normalized spacial score (nSPS) is 14.8. The van der Waals surface area contributed by atoms with Crippen LogP contribution >= 0.6 is 0 Å². The fourth-order valence-corrected chi connectivity index (χ4v) is 5.13. The van der Waals surface area contributed by atoms with E-state index in [4.69, 9.17) is 14.3 Å². The van der Waals surface area contributed by atoms with Crippen LogP contribution in [0.1, 0.15) is 19.3 Å². The number of anilines is 3. The molecule has 0 spiro atoms. The predicted octanol–water partition coefficient (Wildman–Crippen LogP) is 2.77. The second-order valence-electron chi connectivity index (χ2n) is 8.52. The van der Waals surface area contributed by atoms with E-state index < -0.39 is 16.1 Å². The van der Waals surface area contributed by atoms with Gasteiger partial charge in [-0.1, -0.05) is 0 Å². The number of ether oxygens (including phenoxy) is 1. The van der Waals surface area contributed by atoms with Crippen molar-refractivity contribution in [3.63, 3.8) is 0 Å². The summed E-state index contributed by atoms with van der Waals surface area (Å²) in [4.78, 5) is 22.2. The molecule has 1 amide bonds. The van der Waals surface area contributed by atoms with Gasteiger partial charge in [0.05, 0.1) is 11.2 Å². The number of rotatable bonds is 11. The van der Waals surface area contributed by atoms with Crippen molar-refractivity contribution in [2.45, 2.75) is 24.2 Å². The molecule has 13 heteroatoms. The van der Waals surface area contributed by atoms with E-state index >= 15 is 0 Å². The number of fused-ring (bicyclic) bond motifs is 1. The molecule has 4 rings (SSSR count). The highest BCUT2D eigenvalue weighted by Gasteiger charge is 2.24. The minimum atomic E-state index is -3.61. The maximum atomic E-state index is 12.5. The summed E-state index contributed by atoms with van der Waals surface area (Å²) >= 11 is 0. The summed E-state index contributed by atoms with van der Waals surface area (Å²) in [6.45, 7) is 2.63. The largest absolute Gasteiger partial charge is 0.465 e. The molecule has 3 heterocycles. The molecule has 0 bridgehead atoms. The maximum Gasteiger partial charge on any atom is 0.404 e. The van der Waals surface area contributed by atoms with Crippen molar-refractivity contribution < 1.29 is 27.5 Å². The van der Waals surface area contributed by atoms with E-state index in [2.05, 4.69) is 30.2 Å². The number of amides is 1. The first-order chi connectivity index (χ1) is 17.4. The zero-order valence-corrected chi connectivity index (χ0v) is 20.8. The molecule has 0 saturated carbocycles. The van der Waals surface area contributed by atoms with Gasteiger partial charge in [0.25, 0.3) is 0 Å². The number of nitrogens with one attached hydrogen (secondary N) is 3. The third-order valence-corrected chi connectivity index (χ3v) is 7.46. The molecule has 0 atom stereocenters. The van der Waals surface area contributed by atoms with Crippen molar-refractivity contribution in [2.24, 2.45) is 5.92 Å². The van der Waals surface area contributed by atoms with Gasteiger partial charge < -0.3 is 29.8 Å². The van der Waals surface area contributed by atoms with Gasteiger partial charge in [-0.3, -0.25) is 0 Å². The monoisotopic (exact) mass is 518 g/mol. The molecule has 1 aromatic carbocycles. The van der Waals surface area contributed by atoms with Crippen LogP contribution in [0.3, 0.4) is 0 Å². The Morgan fingerprint density at radius 3 is 2.64 bits per heavy atom. The number of carbonyl (C=O) groups is 1. The van der Waals surface area contributed by atoms with Crippen LogP contribution in [0.5, 0.6) is 0 Å². The molecule has 2 aromatic heterocycles. The van der Waals surface area contributed by atoms with Gasteiger partial charge in [0.1, 0.15) is 5.52 Å². The topological polar surface area (TPSA) is 159 Å². The van der Waals surface area contributed by atoms with Gasteiger partial charge in [-0.2, -0.15) is 4.98 Å². The molecule has 12 nitrogen and oxygen atoms in total. The molecule has 1 saturated heterocycles. The Hall–Kier alpha value is -3.42. The number of hydrogen-bond donors (Lipinski definition) is 4. The van der Waals surface area contributed by atoms with E-state index in [1.165, 1.54) is 12.1 Å². The average molecular weight is 519 g/mol. The quantitative estimate of drug-likeness (QED) is 0.278. The molecule has 36 heavy (non-hydrogen) atoms. The minimum Gasteiger partial charge on any atom is -0.465 e. The second-order valence-corrected chi connectivity index (χ2v) is 10.3. The Morgan fingerprint density at radius 1 is 1.19 bits per heavy atom. The van der Waals surface area contributed by atoms with Crippen molar-refractivity contribution in [1.82, 2.24) is 20.0 Å². The van der Waals surface area contributed by atoms with Gasteiger partial charge in [-0.15, -0.1) is 0 Å². The molecule has 0 unspecified atom stereocenters. The highest BCUT2D eigenvalue weighted by atomic mass is 32.2. The third kappa shape index (κ3) is 6.42. The van der Waals surface area contributed by atoms with Gasteiger partial charge in [0, 0.05) is 51.6 Å². The molecule has 0 radical (unpaired) electrons. The minimum absolute atomic E-state index is 0.164. The van der Waals surface area contributed by atoms with Crippen molar-refractivity contribution in [3.05, 3.63) is 36.6 Å². The number of sulfonamides is 1. The molecule has 0 aliphatic carbocycles. The maximum absolute atomic E-state index is 12.5. The highest BCUT2D eigenvalue weighted by Crippen LogP contribution is 2.30. The van der Waals surface area contributed by atoms with Gasteiger partial charge in [-0.05, 0) is 49.4 Å². The zero-order chi connectivity index (χ0) is 25.5. The molecule has 4 N–H and O–H groups in total. The van der Waals surface area contributed by atoms with Crippen LogP contribution in [-0.2, 0) is 14.8 Å². The van der Waals surface area contributed by atoms with Gasteiger partial charge in [0.15, 0.2) is 11.4 Å². The lowest BCUT2D eigenvalue weighted by Gasteiger charge is -2.32. The molecule has 3 aromatic rings. The molecule has 1 aliphatic rings. The summed E-state index contributed by atoms with van der Waals surface area (Å²) in [5.41, 5.74) is 1.88. The Bertz CT molecular complexity index is 1270. The lowest BCUT2D eigenvalue weighted by atomic mass is 9.97. The number of hydrogen-bond acceptors (Lipinski definition) is 9. The van der Waals surface area contributed by atoms with E-state index in [0.717, 1.165) is 12.8 Å². The summed E-state index contributed by atoms with van der Waals surface area (Å²) in [7, 11) is -2.04. The van der Waals surface area contributed by atoms with Crippen molar-refractivity contribution in [2.75, 3.05) is 50.1 Å². The summed E-state index contributed by atoms with van der Waals surface area (Å²) in [6.07, 6.45) is 2.79. The Labute approximate surface area is 209 Å². The third-order valence-electron chi connectivity index (χ3n) is 5.98. The standard InChI is InChI=1S/C23H30N6O6S/c1-34-13-2-10-25-36(32,33)18-5-3-17(4-6-18)26-22-27-19-9-14-35-20(19)21(28-22)29-11-7-16(8-12-29)15-24-23(30)31/h3-6,9,14,16,24-25H,2,7-8,10-13,15H2,1H3,(H,30,31)(H,26,27,28). The number of piperidine rings is 1. The van der Waals surface area contributed by atoms with Crippen LogP contribution in [0.4, 0.5) is 22.2 Å². The first-order valence-electron chi connectivity index (χ1n) is 11.7. The number of benzene rings is 1. The Kier molecular flexibility index (Phi) is 8.23. The van der Waals surface area contributed by atoms with Crippen LogP contribution in [0, 0.1) is 5.92 Å².